The fraction of sp³-hybridized carbons (Fsp3) is 0.658. The summed E-state index contributed by atoms with van der Waals surface area (Å²) >= 11 is 0. The molecule has 0 radical (unpaired) electrons. The van der Waals surface area contributed by atoms with Crippen LogP contribution in [-0.4, -0.2) is 67.7 Å². The van der Waals surface area contributed by atoms with E-state index in [-0.39, 0.29) is 18.2 Å². The van der Waals surface area contributed by atoms with Gasteiger partial charge in [0.1, 0.15) is 6.10 Å². The molecule has 48 heavy (non-hydrogen) atoms. The third-order valence-electron chi connectivity index (χ3n) is 5.98. The monoisotopic (exact) mass is 713 g/mol. The molecular formula is C38H71N3O5S2. The predicted molar refractivity (Wildman–Crippen MR) is 213 cm³/mol. The number of primary amides is 1. The third kappa shape index (κ3) is 41.8. The average Bonchev–Trinajstić information content (AvgIpc) is 3.08. The maximum atomic E-state index is 12.1. The van der Waals surface area contributed by atoms with Crippen molar-refractivity contribution < 1.29 is 24.2 Å². The van der Waals surface area contributed by atoms with Crippen molar-refractivity contribution in [3.8, 4) is 0 Å². The van der Waals surface area contributed by atoms with E-state index in [2.05, 4.69) is 84.1 Å². The number of carbonyl (C=O) groups excluding carboxylic acids is 3. The minimum atomic E-state index is -1.08. The number of unbranched alkanes of at least 4 members (excludes halogenated alkanes) is 2. The van der Waals surface area contributed by atoms with Crippen molar-refractivity contribution in [2.75, 3.05) is 38.3 Å². The van der Waals surface area contributed by atoms with Crippen molar-refractivity contribution in [3.63, 3.8) is 0 Å². The number of rotatable bonds is 26. The van der Waals surface area contributed by atoms with Crippen LogP contribution in [0.3, 0.4) is 0 Å². The standard InChI is InChI=1S/C33H56N2O4S2.2C2H6.CH3NO/c1-5-6-7-8-9-10-11-12-13-14-15-16-17-18-19-20-21-24-30(36)34-26-28-41-40-27-23-22-25-35-32(38)31(37)33(2,3)29-39-4;2*1-2;2-1-3/h6-7,9-10,12-13,15-16,18-19,31,37H,5,8,11,14,17,20-29H2,1-4H3,(H,34,36)(H,35,38);2*1-2H3;1H,(H2,2,3)/b7-6-,10-9-,13-12-,16-15-,19-18-;;;/t31-;;;/m0.../s1. The summed E-state index contributed by atoms with van der Waals surface area (Å²) in [4.78, 5) is 32.6. The van der Waals surface area contributed by atoms with Crippen molar-refractivity contribution in [3.05, 3.63) is 60.8 Å². The number of nitrogens with two attached hydrogens (primary N) is 1. The van der Waals surface area contributed by atoms with Crippen LogP contribution in [0.5, 0.6) is 0 Å². The van der Waals surface area contributed by atoms with Crippen LogP contribution in [0.2, 0.25) is 0 Å². The van der Waals surface area contributed by atoms with Gasteiger partial charge in [-0.1, -0.05) is 131 Å². The zero-order valence-electron chi connectivity index (χ0n) is 31.5. The van der Waals surface area contributed by atoms with Gasteiger partial charge in [-0.15, -0.1) is 0 Å². The molecule has 0 unspecified atom stereocenters. The fourth-order valence-corrected chi connectivity index (χ4v) is 5.64. The zero-order chi connectivity index (χ0) is 37.2. The van der Waals surface area contributed by atoms with Gasteiger partial charge in [-0.25, -0.2) is 0 Å². The first-order valence-corrected chi connectivity index (χ1v) is 20.1. The Labute approximate surface area is 302 Å². The number of amides is 3. The second-order valence-corrected chi connectivity index (χ2v) is 13.3. The molecule has 0 aliphatic carbocycles. The summed E-state index contributed by atoms with van der Waals surface area (Å²) in [5.41, 5.74) is 3.55. The molecule has 3 amide bonds. The Balaban J connectivity index is -0.00000128. The molecule has 1 atom stereocenters. The van der Waals surface area contributed by atoms with Crippen LogP contribution in [0.4, 0.5) is 0 Å². The predicted octanol–water partition coefficient (Wildman–Crippen LogP) is 8.49. The molecular weight excluding hydrogens is 643 g/mol. The third-order valence-corrected chi connectivity index (χ3v) is 8.47. The minimum Gasteiger partial charge on any atom is -0.384 e. The maximum absolute atomic E-state index is 12.1. The van der Waals surface area contributed by atoms with Gasteiger partial charge in [0, 0.05) is 43.5 Å². The Bertz CT molecular complexity index is 859. The van der Waals surface area contributed by atoms with Gasteiger partial charge >= 0.3 is 0 Å². The molecule has 0 heterocycles. The molecule has 0 aromatic rings. The van der Waals surface area contributed by atoms with Crippen LogP contribution in [-0.2, 0) is 19.1 Å². The van der Waals surface area contributed by atoms with Crippen LogP contribution in [0, 0.1) is 5.41 Å². The minimum absolute atomic E-state index is 0.120. The van der Waals surface area contributed by atoms with Gasteiger partial charge in [0.25, 0.3) is 0 Å². The SMILES string of the molecule is CC.CC.CC/C=C\C/C=C\C/C=C\C/C=C\C/C=C\CCCC(=O)NCCSSCCCCNC(=O)[C@H](O)C(C)(C)COC.NC=O. The van der Waals surface area contributed by atoms with Crippen LogP contribution < -0.4 is 16.4 Å². The van der Waals surface area contributed by atoms with Crippen molar-refractivity contribution >= 4 is 39.8 Å². The van der Waals surface area contributed by atoms with Gasteiger partial charge < -0.3 is 26.2 Å². The van der Waals surface area contributed by atoms with Crippen LogP contribution in [0.25, 0.3) is 0 Å². The molecule has 0 aromatic carbocycles. The summed E-state index contributed by atoms with van der Waals surface area (Å²) in [5, 5.41) is 15.9. The number of nitrogens with one attached hydrogen (secondary N) is 2. The first kappa shape index (κ1) is 52.5. The first-order valence-electron chi connectivity index (χ1n) is 17.6. The molecule has 0 aliphatic heterocycles. The van der Waals surface area contributed by atoms with E-state index in [0.29, 0.717) is 26.1 Å². The molecule has 0 fully saturated rings. The smallest absolute Gasteiger partial charge is 0.249 e. The summed E-state index contributed by atoms with van der Waals surface area (Å²) in [6.45, 7) is 15.3. The van der Waals surface area contributed by atoms with E-state index in [9.17, 15) is 14.7 Å². The van der Waals surface area contributed by atoms with E-state index in [1.807, 2.05) is 41.5 Å². The van der Waals surface area contributed by atoms with Crippen LogP contribution >= 0.6 is 21.6 Å². The highest BCUT2D eigenvalue weighted by Crippen LogP contribution is 2.22. The quantitative estimate of drug-likeness (QED) is 0.0306. The number of ether oxygens (including phenoxy) is 1. The van der Waals surface area contributed by atoms with E-state index in [1.165, 1.54) is 0 Å². The number of methoxy groups -OCH3 is 1. The Hall–Kier alpha value is -2.27. The van der Waals surface area contributed by atoms with Crippen LogP contribution in [0.1, 0.15) is 113 Å². The number of hydrogen-bond donors (Lipinski definition) is 4. The normalized spacial score (nSPS) is 11.9. The summed E-state index contributed by atoms with van der Waals surface area (Å²) in [6, 6.07) is 0. The van der Waals surface area contributed by atoms with Gasteiger partial charge in [0.15, 0.2) is 0 Å². The number of aliphatic hydroxyl groups is 1. The van der Waals surface area contributed by atoms with Crippen molar-refractivity contribution in [2.24, 2.45) is 11.1 Å². The molecule has 8 nitrogen and oxygen atoms in total. The lowest BCUT2D eigenvalue weighted by atomic mass is 9.87. The van der Waals surface area contributed by atoms with Gasteiger partial charge in [-0.05, 0) is 57.8 Å². The molecule has 280 valence electrons. The van der Waals surface area contributed by atoms with Gasteiger partial charge in [-0.2, -0.15) is 0 Å². The molecule has 0 saturated carbocycles. The lowest BCUT2D eigenvalue weighted by Gasteiger charge is -2.28. The highest BCUT2D eigenvalue weighted by atomic mass is 33.1. The Morgan fingerprint density at radius 2 is 1.25 bits per heavy atom. The highest BCUT2D eigenvalue weighted by molar-refractivity contribution is 8.76. The van der Waals surface area contributed by atoms with E-state index in [4.69, 9.17) is 9.53 Å². The number of allylic oxidation sites excluding steroid dienone is 10. The highest BCUT2D eigenvalue weighted by Gasteiger charge is 2.33. The topological polar surface area (TPSA) is 131 Å². The first-order chi connectivity index (χ1) is 23.3. The summed E-state index contributed by atoms with van der Waals surface area (Å²) < 4.78 is 5.07. The summed E-state index contributed by atoms with van der Waals surface area (Å²) in [6.07, 6.45) is 30.3. The molecule has 0 rings (SSSR count). The second-order valence-electron chi connectivity index (χ2n) is 10.6. The summed E-state index contributed by atoms with van der Waals surface area (Å²) in [5.74, 6) is 1.64. The number of hydrogen-bond acceptors (Lipinski definition) is 7. The van der Waals surface area contributed by atoms with E-state index in [1.54, 1.807) is 28.7 Å². The number of carbonyl (C=O) groups is 3. The largest absolute Gasteiger partial charge is 0.384 e. The number of aliphatic hydroxyl groups excluding tert-OH is 1. The Morgan fingerprint density at radius 1 is 0.771 bits per heavy atom. The average molecular weight is 714 g/mol. The van der Waals surface area contributed by atoms with E-state index in [0.717, 1.165) is 69.3 Å². The van der Waals surface area contributed by atoms with Gasteiger partial charge in [0.2, 0.25) is 18.2 Å². The molecule has 0 aliphatic rings. The van der Waals surface area contributed by atoms with Crippen LogP contribution in [0.15, 0.2) is 60.8 Å². The van der Waals surface area contributed by atoms with Crippen molar-refractivity contribution in [2.45, 2.75) is 119 Å². The van der Waals surface area contributed by atoms with E-state index >= 15 is 0 Å². The zero-order valence-corrected chi connectivity index (χ0v) is 33.1. The Kier molecular flexibility index (Phi) is 49.0. The molecule has 0 aromatic heterocycles. The molecule has 0 spiro atoms. The molecule has 5 N–H and O–H groups in total. The van der Waals surface area contributed by atoms with Gasteiger partial charge in [-0.3, -0.25) is 14.4 Å². The van der Waals surface area contributed by atoms with Gasteiger partial charge in [0.05, 0.1) is 6.61 Å². The van der Waals surface area contributed by atoms with E-state index < -0.39 is 11.5 Å². The molecule has 0 saturated heterocycles. The summed E-state index contributed by atoms with van der Waals surface area (Å²) in [7, 11) is 5.10. The van der Waals surface area contributed by atoms with Crippen molar-refractivity contribution in [1.82, 2.24) is 10.6 Å². The second kappa shape index (κ2) is 44.7. The molecule has 0 bridgehead atoms. The lowest BCUT2D eigenvalue weighted by Crippen LogP contribution is -2.46. The van der Waals surface area contributed by atoms with Crippen molar-refractivity contribution in [1.29, 1.82) is 0 Å². The molecule has 10 heteroatoms. The maximum Gasteiger partial charge on any atom is 0.249 e. The lowest BCUT2D eigenvalue weighted by molar-refractivity contribution is -0.137. The fourth-order valence-electron chi connectivity index (χ4n) is 3.59. The Morgan fingerprint density at radius 3 is 1.75 bits per heavy atom.